The van der Waals surface area contributed by atoms with E-state index >= 15 is 0 Å². The second-order valence-electron chi connectivity index (χ2n) is 4.01. The average molecular weight is 214 g/mol. The predicted octanol–water partition coefficient (Wildman–Crippen LogP) is 2.52. The van der Waals surface area contributed by atoms with Gasteiger partial charge in [-0.3, -0.25) is 9.48 Å². The summed E-state index contributed by atoms with van der Waals surface area (Å²) >= 11 is 0. The van der Waals surface area contributed by atoms with Gasteiger partial charge in [0.25, 0.3) is 0 Å². The standard InChI is InChI=1S/C13H14N2O/c1-9-4-5-12(10(2)6-9)13-7-11(8-16)15(3)14-13/h4-8H,1-3H3. The van der Waals surface area contributed by atoms with Gasteiger partial charge in [0.05, 0.1) is 5.69 Å². The van der Waals surface area contributed by atoms with Crippen molar-refractivity contribution in [3.63, 3.8) is 0 Å². The van der Waals surface area contributed by atoms with E-state index in [4.69, 9.17) is 0 Å². The lowest BCUT2D eigenvalue weighted by molar-refractivity contribution is 0.111. The molecule has 0 fully saturated rings. The number of aromatic nitrogens is 2. The van der Waals surface area contributed by atoms with Gasteiger partial charge >= 0.3 is 0 Å². The normalized spacial score (nSPS) is 10.4. The van der Waals surface area contributed by atoms with Crippen LogP contribution in [-0.4, -0.2) is 16.1 Å². The van der Waals surface area contributed by atoms with E-state index in [1.165, 1.54) is 11.1 Å². The number of aryl methyl sites for hydroxylation is 3. The fourth-order valence-electron chi connectivity index (χ4n) is 1.82. The van der Waals surface area contributed by atoms with Gasteiger partial charge in [0, 0.05) is 12.6 Å². The summed E-state index contributed by atoms with van der Waals surface area (Å²) in [4.78, 5) is 10.8. The topological polar surface area (TPSA) is 34.9 Å². The van der Waals surface area contributed by atoms with Gasteiger partial charge in [0.1, 0.15) is 5.69 Å². The molecule has 0 spiro atoms. The molecule has 2 rings (SSSR count). The Hall–Kier alpha value is -1.90. The van der Waals surface area contributed by atoms with Crippen molar-refractivity contribution in [3.05, 3.63) is 41.1 Å². The number of benzene rings is 1. The second kappa shape index (κ2) is 3.93. The zero-order valence-corrected chi connectivity index (χ0v) is 9.69. The van der Waals surface area contributed by atoms with Crippen LogP contribution in [0.25, 0.3) is 11.3 Å². The molecule has 0 unspecified atom stereocenters. The monoisotopic (exact) mass is 214 g/mol. The zero-order valence-electron chi connectivity index (χ0n) is 9.69. The van der Waals surface area contributed by atoms with E-state index < -0.39 is 0 Å². The Kier molecular flexibility index (Phi) is 2.60. The van der Waals surface area contributed by atoms with E-state index in [0.29, 0.717) is 5.69 Å². The van der Waals surface area contributed by atoms with Crippen molar-refractivity contribution in [3.8, 4) is 11.3 Å². The van der Waals surface area contributed by atoms with Crippen LogP contribution in [0.15, 0.2) is 24.3 Å². The van der Waals surface area contributed by atoms with Crippen LogP contribution in [-0.2, 0) is 7.05 Å². The average Bonchev–Trinajstić information content (AvgIpc) is 2.59. The maximum atomic E-state index is 10.8. The van der Waals surface area contributed by atoms with Crippen LogP contribution in [0.5, 0.6) is 0 Å². The highest BCUT2D eigenvalue weighted by Crippen LogP contribution is 2.23. The molecule has 0 saturated carbocycles. The van der Waals surface area contributed by atoms with Crippen LogP contribution < -0.4 is 0 Å². The summed E-state index contributed by atoms with van der Waals surface area (Å²) in [6, 6.07) is 8.02. The highest BCUT2D eigenvalue weighted by molar-refractivity contribution is 5.76. The van der Waals surface area contributed by atoms with Gasteiger partial charge < -0.3 is 0 Å². The highest BCUT2D eigenvalue weighted by atomic mass is 16.1. The van der Waals surface area contributed by atoms with Gasteiger partial charge in [-0.15, -0.1) is 0 Å². The van der Waals surface area contributed by atoms with Gasteiger partial charge in [0.2, 0.25) is 0 Å². The molecule has 0 atom stereocenters. The number of aldehydes is 1. The molecule has 0 N–H and O–H groups in total. The third-order valence-corrected chi connectivity index (χ3v) is 2.69. The molecule has 0 radical (unpaired) electrons. The Morgan fingerprint density at radius 3 is 2.56 bits per heavy atom. The Bertz CT molecular complexity index is 541. The number of hydrogen-bond acceptors (Lipinski definition) is 2. The molecule has 1 heterocycles. The molecule has 0 amide bonds. The molecule has 0 aliphatic heterocycles. The van der Waals surface area contributed by atoms with Crippen molar-refractivity contribution in [1.82, 2.24) is 9.78 Å². The minimum Gasteiger partial charge on any atom is -0.296 e. The Morgan fingerprint density at radius 1 is 1.25 bits per heavy atom. The molecular weight excluding hydrogens is 200 g/mol. The largest absolute Gasteiger partial charge is 0.296 e. The van der Waals surface area contributed by atoms with Crippen molar-refractivity contribution >= 4 is 6.29 Å². The number of nitrogens with zero attached hydrogens (tertiary/aromatic N) is 2. The number of hydrogen-bond donors (Lipinski definition) is 0. The van der Waals surface area contributed by atoms with E-state index in [2.05, 4.69) is 31.1 Å². The van der Waals surface area contributed by atoms with Crippen LogP contribution in [0.2, 0.25) is 0 Å². The Balaban J connectivity index is 2.54. The molecule has 0 bridgehead atoms. The van der Waals surface area contributed by atoms with Crippen LogP contribution >= 0.6 is 0 Å². The van der Waals surface area contributed by atoms with Crippen LogP contribution in [0.4, 0.5) is 0 Å². The predicted molar refractivity (Wildman–Crippen MR) is 63.5 cm³/mol. The van der Waals surface area contributed by atoms with Gasteiger partial charge in [-0.2, -0.15) is 5.10 Å². The molecule has 0 saturated heterocycles. The van der Waals surface area contributed by atoms with Gasteiger partial charge in [0.15, 0.2) is 6.29 Å². The van der Waals surface area contributed by atoms with Crippen molar-refractivity contribution in [2.75, 3.05) is 0 Å². The molecular formula is C13H14N2O. The first kappa shape index (κ1) is 10.6. The minimum absolute atomic E-state index is 0.593. The summed E-state index contributed by atoms with van der Waals surface area (Å²) in [6.07, 6.45) is 0.819. The van der Waals surface area contributed by atoms with Crippen molar-refractivity contribution in [2.24, 2.45) is 7.05 Å². The summed E-state index contributed by atoms with van der Waals surface area (Å²) in [5.74, 6) is 0. The minimum atomic E-state index is 0.593. The van der Waals surface area contributed by atoms with Crippen LogP contribution in [0, 0.1) is 13.8 Å². The zero-order chi connectivity index (χ0) is 11.7. The first-order chi connectivity index (χ1) is 7.61. The number of carbonyl (C=O) groups is 1. The fourth-order valence-corrected chi connectivity index (χ4v) is 1.82. The van der Waals surface area contributed by atoms with Crippen LogP contribution in [0.1, 0.15) is 21.6 Å². The van der Waals surface area contributed by atoms with E-state index in [1.807, 2.05) is 12.1 Å². The summed E-state index contributed by atoms with van der Waals surface area (Å²) < 4.78 is 1.60. The molecule has 1 aromatic carbocycles. The van der Waals surface area contributed by atoms with Crippen molar-refractivity contribution in [2.45, 2.75) is 13.8 Å². The third kappa shape index (κ3) is 1.76. The Labute approximate surface area is 94.7 Å². The van der Waals surface area contributed by atoms with E-state index in [-0.39, 0.29) is 0 Å². The van der Waals surface area contributed by atoms with E-state index in [0.717, 1.165) is 17.5 Å². The molecule has 2 aromatic rings. The molecule has 16 heavy (non-hydrogen) atoms. The lowest BCUT2D eigenvalue weighted by atomic mass is 10.0. The lowest BCUT2D eigenvalue weighted by Gasteiger charge is -2.03. The SMILES string of the molecule is Cc1ccc(-c2cc(C=O)n(C)n2)c(C)c1. The summed E-state index contributed by atoms with van der Waals surface area (Å²) in [7, 11) is 1.77. The summed E-state index contributed by atoms with van der Waals surface area (Å²) in [6.45, 7) is 4.11. The molecule has 3 nitrogen and oxygen atoms in total. The van der Waals surface area contributed by atoms with Gasteiger partial charge in [-0.05, 0) is 25.5 Å². The third-order valence-electron chi connectivity index (χ3n) is 2.69. The van der Waals surface area contributed by atoms with Gasteiger partial charge in [-0.25, -0.2) is 0 Å². The molecule has 1 aromatic heterocycles. The molecule has 3 heteroatoms. The first-order valence-corrected chi connectivity index (χ1v) is 5.18. The van der Waals surface area contributed by atoms with Gasteiger partial charge in [-0.1, -0.05) is 23.8 Å². The number of carbonyl (C=O) groups excluding carboxylic acids is 1. The second-order valence-corrected chi connectivity index (χ2v) is 4.01. The van der Waals surface area contributed by atoms with Crippen LogP contribution in [0.3, 0.4) is 0 Å². The fraction of sp³-hybridized carbons (Fsp3) is 0.231. The van der Waals surface area contributed by atoms with E-state index in [9.17, 15) is 4.79 Å². The summed E-state index contributed by atoms with van der Waals surface area (Å²) in [5.41, 5.74) is 4.93. The molecule has 0 aliphatic carbocycles. The number of rotatable bonds is 2. The highest BCUT2D eigenvalue weighted by Gasteiger charge is 2.08. The van der Waals surface area contributed by atoms with Crippen molar-refractivity contribution < 1.29 is 4.79 Å². The molecule has 82 valence electrons. The quantitative estimate of drug-likeness (QED) is 0.720. The van der Waals surface area contributed by atoms with Crippen molar-refractivity contribution in [1.29, 1.82) is 0 Å². The lowest BCUT2D eigenvalue weighted by Crippen LogP contribution is -1.95. The first-order valence-electron chi connectivity index (χ1n) is 5.18. The smallest absolute Gasteiger partial charge is 0.168 e. The maximum Gasteiger partial charge on any atom is 0.168 e. The Morgan fingerprint density at radius 2 is 2.00 bits per heavy atom. The summed E-state index contributed by atoms with van der Waals surface area (Å²) in [5, 5.41) is 4.33. The maximum absolute atomic E-state index is 10.8. The van der Waals surface area contributed by atoms with E-state index in [1.54, 1.807) is 11.7 Å². The molecule has 0 aliphatic rings.